The van der Waals surface area contributed by atoms with Crippen molar-refractivity contribution in [3.05, 3.63) is 22.8 Å². The summed E-state index contributed by atoms with van der Waals surface area (Å²) >= 11 is 0. The number of rotatable bonds is 1. The van der Waals surface area contributed by atoms with E-state index in [0.29, 0.717) is 5.57 Å². The van der Waals surface area contributed by atoms with E-state index in [0.717, 1.165) is 12.8 Å². The van der Waals surface area contributed by atoms with Gasteiger partial charge in [0.05, 0.1) is 0 Å². The van der Waals surface area contributed by atoms with Gasteiger partial charge in [-0.25, -0.2) is 0 Å². The van der Waals surface area contributed by atoms with Gasteiger partial charge < -0.3 is 0 Å². The predicted octanol–water partition coefficient (Wildman–Crippen LogP) is 3.47. The molecular formula is C16H22O2. The van der Waals surface area contributed by atoms with E-state index < -0.39 is 5.41 Å². The van der Waals surface area contributed by atoms with Gasteiger partial charge in [0.25, 0.3) is 0 Å². The molecule has 98 valence electrons. The van der Waals surface area contributed by atoms with Gasteiger partial charge in [0.15, 0.2) is 11.6 Å². The summed E-state index contributed by atoms with van der Waals surface area (Å²) in [6.07, 6.45) is 3.07. The highest BCUT2D eigenvalue weighted by Gasteiger charge is 2.54. The summed E-state index contributed by atoms with van der Waals surface area (Å²) in [5.41, 5.74) is 2.72. The standard InChI is InChI=1S/C16H22O2/c1-9(2)16-8-12(5)10(3)6-13(16)15(18)11(4)7-14(16)17/h7,9,13H,6,8H2,1-5H3/t13-,16+/m0/s1. The molecule has 0 heterocycles. The molecule has 0 N–H and O–H groups in total. The van der Waals surface area contributed by atoms with Crippen LogP contribution in [-0.2, 0) is 9.59 Å². The molecule has 0 radical (unpaired) electrons. The van der Waals surface area contributed by atoms with Crippen LogP contribution in [0, 0.1) is 17.3 Å². The molecule has 0 saturated carbocycles. The zero-order chi connectivity index (χ0) is 13.7. The molecule has 18 heavy (non-hydrogen) atoms. The molecule has 0 unspecified atom stereocenters. The Morgan fingerprint density at radius 1 is 1.17 bits per heavy atom. The number of hydrogen-bond donors (Lipinski definition) is 0. The van der Waals surface area contributed by atoms with Crippen LogP contribution in [0.5, 0.6) is 0 Å². The number of carbonyl (C=O) groups excluding carboxylic acids is 2. The van der Waals surface area contributed by atoms with Crippen molar-refractivity contribution in [3.8, 4) is 0 Å². The Morgan fingerprint density at radius 2 is 1.78 bits per heavy atom. The molecule has 2 rings (SSSR count). The van der Waals surface area contributed by atoms with Crippen LogP contribution in [0.25, 0.3) is 0 Å². The minimum atomic E-state index is -0.486. The highest BCUT2D eigenvalue weighted by molar-refractivity contribution is 6.12. The molecule has 0 amide bonds. The fourth-order valence-electron chi connectivity index (χ4n) is 3.53. The first kappa shape index (κ1) is 13.3. The van der Waals surface area contributed by atoms with E-state index >= 15 is 0 Å². The van der Waals surface area contributed by atoms with Crippen LogP contribution in [0.3, 0.4) is 0 Å². The number of Topliss-reactive ketones (excluding diaryl/α,β-unsaturated/α-hetero) is 1. The lowest BCUT2D eigenvalue weighted by Crippen LogP contribution is -2.51. The van der Waals surface area contributed by atoms with E-state index in [4.69, 9.17) is 0 Å². The van der Waals surface area contributed by atoms with Crippen molar-refractivity contribution in [2.24, 2.45) is 17.3 Å². The monoisotopic (exact) mass is 246 g/mol. The van der Waals surface area contributed by atoms with E-state index in [1.807, 2.05) is 0 Å². The molecule has 2 nitrogen and oxygen atoms in total. The maximum atomic E-state index is 12.5. The van der Waals surface area contributed by atoms with E-state index in [-0.39, 0.29) is 23.4 Å². The summed E-state index contributed by atoms with van der Waals surface area (Å²) in [6.45, 7) is 10.1. The molecular weight excluding hydrogens is 224 g/mol. The Labute approximate surface area is 109 Å². The summed E-state index contributed by atoms with van der Waals surface area (Å²) in [4.78, 5) is 25.0. The molecule has 0 aromatic carbocycles. The van der Waals surface area contributed by atoms with Crippen molar-refractivity contribution >= 4 is 11.6 Å². The second-order valence-corrected chi connectivity index (χ2v) is 6.25. The normalized spacial score (nSPS) is 32.8. The topological polar surface area (TPSA) is 34.1 Å². The lowest BCUT2D eigenvalue weighted by atomic mass is 9.53. The van der Waals surface area contributed by atoms with Gasteiger partial charge in [-0.05, 0) is 51.2 Å². The van der Waals surface area contributed by atoms with Crippen LogP contribution in [0.1, 0.15) is 47.5 Å². The van der Waals surface area contributed by atoms with Crippen molar-refractivity contribution in [2.45, 2.75) is 47.5 Å². The van der Waals surface area contributed by atoms with E-state index in [2.05, 4.69) is 27.7 Å². The van der Waals surface area contributed by atoms with Crippen LogP contribution in [0.4, 0.5) is 0 Å². The summed E-state index contributed by atoms with van der Waals surface area (Å²) < 4.78 is 0. The largest absolute Gasteiger partial charge is 0.294 e. The number of carbonyl (C=O) groups is 2. The fourth-order valence-corrected chi connectivity index (χ4v) is 3.53. The lowest BCUT2D eigenvalue weighted by molar-refractivity contribution is -0.141. The van der Waals surface area contributed by atoms with E-state index in [9.17, 15) is 9.59 Å². The first-order valence-corrected chi connectivity index (χ1v) is 6.73. The summed E-state index contributed by atoms with van der Waals surface area (Å²) in [5.74, 6) is 0.395. The Bertz CT molecular complexity index is 479. The van der Waals surface area contributed by atoms with Gasteiger partial charge in [-0.1, -0.05) is 25.0 Å². The average molecular weight is 246 g/mol. The van der Waals surface area contributed by atoms with Gasteiger partial charge in [0.2, 0.25) is 0 Å². The Kier molecular flexibility index (Phi) is 3.08. The number of ketones is 2. The van der Waals surface area contributed by atoms with Gasteiger partial charge in [-0.2, -0.15) is 0 Å². The molecule has 0 spiro atoms. The van der Waals surface area contributed by atoms with Crippen LogP contribution < -0.4 is 0 Å². The molecule has 2 aliphatic carbocycles. The molecule has 0 aliphatic heterocycles. The SMILES string of the molecule is CC1=CC(=O)[C@@]2(C(C)C)CC(C)=C(C)C[C@H]2C1=O. The van der Waals surface area contributed by atoms with Crippen LogP contribution in [0.2, 0.25) is 0 Å². The maximum Gasteiger partial charge on any atom is 0.163 e. The Morgan fingerprint density at radius 3 is 2.33 bits per heavy atom. The lowest BCUT2D eigenvalue weighted by Gasteiger charge is -2.47. The Hall–Kier alpha value is -1.18. The summed E-state index contributed by atoms with van der Waals surface area (Å²) in [6, 6.07) is 0. The first-order valence-electron chi connectivity index (χ1n) is 6.73. The number of allylic oxidation sites excluding steroid dienone is 4. The summed E-state index contributed by atoms with van der Waals surface area (Å²) in [7, 11) is 0. The second-order valence-electron chi connectivity index (χ2n) is 6.25. The van der Waals surface area contributed by atoms with Gasteiger partial charge in [-0.3, -0.25) is 9.59 Å². The molecule has 0 fully saturated rings. The first-order chi connectivity index (χ1) is 8.30. The van der Waals surface area contributed by atoms with Gasteiger partial charge in [0.1, 0.15) is 0 Å². The van der Waals surface area contributed by atoms with Gasteiger partial charge in [-0.15, -0.1) is 0 Å². The van der Waals surface area contributed by atoms with Crippen molar-refractivity contribution in [2.75, 3.05) is 0 Å². The van der Waals surface area contributed by atoms with Gasteiger partial charge >= 0.3 is 0 Å². The molecule has 0 aromatic rings. The smallest absolute Gasteiger partial charge is 0.163 e. The minimum Gasteiger partial charge on any atom is -0.294 e. The highest BCUT2D eigenvalue weighted by Crippen LogP contribution is 2.52. The average Bonchev–Trinajstić information content (AvgIpc) is 2.28. The third-order valence-corrected chi connectivity index (χ3v) is 4.96. The molecule has 2 heteroatoms. The molecule has 0 bridgehead atoms. The minimum absolute atomic E-state index is 0.140. The molecule has 2 aliphatic rings. The van der Waals surface area contributed by atoms with Crippen molar-refractivity contribution in [1.82, 2.24) is 0 Å². The van der Waals surface area contributed by atoms with Gasteiger partial charge in [0, 0.05) is 11.3 Å². The zero-order valence-corrected chi connectivity index (χ0v) is 12.0. The Balaban J connectivity index is 2.61. The quantitative estimate of drug-likeness (QED) is 0.664. The maximum absolute atomic E-state index is 12.5. The third-order valence-electron chi connectivity index (χ3n) is 4.96. The fraction of sp³-hybridized carbons (Fsp3) is 0.625. The number of fused-ring (bicyclic) bond motifs is 1. The summed E-state index contributed by atoms with van der Waals surface area (Å²) in [5, 5.41) is 0. The van der Waals surface area contributed by atoms with Crippen LogP contribution >= 0.6 is 0 Å². The van der Waals surface area contributed by atoms with E-state index in [1.165, 1.54) is 11.1 Å². The van der Waals surface area contributed by atoms with Crippen molar-refractivity contribution in [3.63, 3.8) is 0 Å². The molecule has 0 aromatic heterocycles. The number of hydrogen-bond acceptors (Lipinski definition) is 2. The zero-order valence-electron chi connectivity index (χ0n) is 12.0. The van der Waals surface area contributed by atoms with E-state index in [1.54, 1.807) is 13.0 Å². The second kappa shape index (κ2) is 4.18. The van der Waals surface area contributed by atoms with Crippen LogP contribution in [-0.4, -0.2) is 11.6 Å². The molecule has 0 saturated heterocycles. The predicted molar refractivity (Wildman–Crippen MR) is 72.1 cm³/mol. The molecule has 2 atom stereocenters. The van der Waals surface area contributed by atoms with Crippen LogP contribution in [0.15, 0.2) is 22.8 Å². The van der Waals surface area contributed by atoms with Crippen molar-refractivity contribution < 1.29 is 9.59 Å². The highest BCUT2D eigenvalue weighted by atomic mass is 16.1. The third kappa shape index (κ3) is 1.62. The van der Waals surface area contributed by atoms with Crippen molar-refractivity contribution in [1.29, 1.82) is 0 Å².